The van der Waals surface area contributed by atoms with E-state index in [1.807, 2.05) is 6.92 Å². The average molecular weight is 319 g/mol. The van der Waals surface area contributed by atoms with Crippen LogP contribution in [0.3, 0.4) is 0 Å². The number of carbonyl (C=O) groups is 2. The van der Waals surface area contributed by atoms with Gasteiger partial charge >= 0.3 is 12.0 Å². The summed E-state index contributed by atoms with van der Waals surface area (Å²) in [6.45, 7) is 1.97. The number of benzene rings is 1. The number of carbonyl (C=O) groups excluding carboxylic acids is 1. The topological polar surface area (TPSA) is 78.4 Å². The van der Waals surface area contributed by atoms with Crippen molar-refractivity contribution in [1.29, 1.82) is 0 Å². The number of carboxylic acids is 1. The lowest BCUT2D eigenvalue weighted by Gasteiger charge is -2.13. The van der Waals surface area contributed by atoms with E-state index in [9.17, 15) is 9.59 Å². The molecule has 3 N–H and O–H groups in total. The third-order valence-corrected chi connectivity index (χ3v) is 3.41. The second kappa shape index (κ2) is 7.97. The molecule has 0 radical (unpaired) electrons. The second-order valence-electron chi connectivity index (χ2n) is 4.29. The highest BCUT2D eigenvalue weighted by molar-refractivity contribution is 6.42. The first kappa shape index (κ1) is 16.6. The fourth-order valence-electron chi connectivity index (χ4n) is 1.63. The number of nitrogens with one attached hydrogen (secondary N) is 2. The molecule has 1 rings (SSSR count). The zero-order valence-electron chi connectivity index (χ0n) is 11.0. The van der Waals surface area contributed by atoms with Crippen molar-refractivity contribution >= 4 is 40.9 Å². The van der Waals surface area contributed by atoms with Crippen molar-refractivity contribution in [3.8, 4) is 0 Å². The number of hydrogen-bond donors (Lipinski definition) is 3. The zero-order chi connectivity index (χ0) is 15.1. The molecule has 0 saturated heterocycles. The number of rotatable bonds is 6. The summed E-state index contributed by atoms with van der Waals surface area (Å²) in [4.78, 5) is 22.6. The van der Waals surface area contributed by atoms with Gasteiger partial charge in [0.1, 0.15) is 0 Å². The summed E-state index contributed by atoms with van der Waals surface area (Å²) in [5.74, 6) is -1.50. The van der Waals surface area contributed by atoms with Crippen LogP contribution in [-0.2, 0) is 4.79 Å². The standard InChI is InChI=1S/C13H16Cl2N2O3/c1-2-3-8(12(18)19)7-16-13(20)17-9-4-5-10(14)11(15)6-9/h4-6,8H,2-3,7H2,1H3,(H,18,19)(H2,16,17,20). The van der Waals surface area contributed by atoms with Gasteiger partial charge in [-0.2, -0.15) is 0 Å². The maximum absolute atomic E-state index is 11.6. The molecule has 0 spiro atoms. The zero-order valence-corrected chi connectivity index (χ0v) is 12.5. The Morgan fingerprint density at radius 1 is 1.30 bits per heavy atom. The fraction of sp³-hybridized carbons (Fsp3) is 0.385. The smallest absolute Gasteiger partial charge is 0.319 e. The third-order valence-electron chi connectivity index (χ3n) is 2.67. The molecular formula is C13H16Cl2N2O3. The van der Waals surface area contributed by atoms with Gasteiger partial charge in [-0.1, -0.05) is 36.5 Å². The summed E-state index contributed by atoms with van der Waals surface area (Å²) < 4.78 is 0. The molecule has 110 valence electrons. The van der Waals surface area contributed by atoms with Crippen LogP contribution in [0.5, 0.6) is 0 Å². The first-order chi connectivity index (χ1) is 9.43. The Bertz CT molecular complexity index is 495. The Hall–Kier alpha value is -1.46. The fourth-order valence-corrected chi connectivity index (χ4v) is 1.92. The summed E-state index contributed by atoms with van der Waals surface area (Å²) in [5, 5.41) is 14.8. The highest BCUT2D eigenvalue weighted by Crippen LogP contribution is 2.24. The molecule has 0 fully saturated rings. The lowest BCUT2D eigenvalue weighted by molar-refractivity contribution is -0.141. The monoisotopic (exact) mass is 318 g/mol. The molecule has 1 atom stereocenters. The van der Waals surface area contributed by atoms with Crippen LogP contribution < -0.4 is 10.6 Å². The second-order valence-corrected chi connectivity index (χ2v) is 5.10. The number of carboxylic acid groups (broad SMARTS) is 1. The number of halogens is 2. The molecule has 1 unspecified atom stereocenters. The van der Waals surface area contributed by atoms with Crippen LogP contribution in [0, 0.1) is 5.92 Å². The Balaban J connectivity index is 2.50. The van der Waals surface area contributed by atoms with Crippen molar-refractivity contribution in [1.82, 2.24) is 5.32 Å². The number of urea groups is 1. The predicted octanol–water partition coefficient (Wildman–Crippen LogP) is 3.62. The van der Waals surface area contributed by atoms with Gasteiger partial charge < -0.3 is 15.7 Å². The minimum absolute atomic E-state index is 0.0797. The van der Waals surface area contributed by atoms with Crippen molar-refractivity contribution in [3.05, 3.63) is 28.2 Å². The number of amides is 2. The quantitative estimate of drug-likeness (QED) is 0.749. The van der Waals surface area contributed by atoms with Crippen LogP contribution in [0.2, 0.25) is 10.0 Å². The van der Waals surface area contributed by atoms with Gasteiger partial charge in [-0.25, -0.2) is 4.79 Å². The molecule has 0 bridgehead atoms. The maximum atomic E-state index is 11.6. The van der Waals surface area contributed by atoms with Gasteiger partial charge in [0.2, 0.25) is 0 Å². The SMILES string of the molecule is CCCC(CNC(=O)Nc1ccc(Cl)c(Cl)c1)C(=O)O. The first-order valence-corrected chi connectivity index (χ1v) is 6.92. The lowest BCUT2D eigenvalue weighted by Crippen LogP contribution is -2.35. The van der Waals surface area contributed by atoms with E-state index < -0.39 is 17.9 Å². The highest BCUT2D eigenvalue weighted by atomic mass is 35.5. The van der Waals surface area contributed by atoms with E-state index in [0.717, 1.165) is 6.42 Å². The number of hydrogen-bond acceptors (Lipinski definition) is 2. The Morgan fingerprint density at radius 2 is 2.00 bits per heavy atom. The predicted molar refractivity (Wildman–Crippen MR) is 79.5 cm³/mol. The molecule has 0 aliphatic heterocycles. The Labute approximate surface area is 127 Å². The summed E-state index contributed by atoms with van der Waals surface area (Å²) in [7, 11) is 0. The van der Waals surface area contributed by atoms with Gasteiger partial charge in [-0.3, -0.25) is 4.79 Å². The van der Waals surface area contributed by atoms with E-state index in [0.29, 0.717) is 22.2 Å². The molecule has 20 heavy (non-hydrogen) atoms. The summed E-state index contributed by atoms with van der Waals surface area (Å²) in [6.07, 6.45) is 1.26. The largest absolute Gasteiger partial charge is 0.481 e. The Morgan fingerprint density at radius 3 is 2.55 bits per heavy atom. The lowest BCUT2D eigenvalue weighted by atomic mass is 10.0. The number of aliphatic carboxylic acids is 1. The van der Waals surface area contributed by atoms with Crippen LogP contribution in [0.1, 0.15) is 19.8 Å². The van der Waals surface area contributed by atoms with Crippen molar-refractivity contribution in [3.63, 3.8) is 0 Å². The molecule has 0 aliphatic rings. The van der Waals surface area contributed by atoms with Crippen LogP contribution in [-0.4, -0.2) is 23.7 Å². The number of anilines is 1. The van der Waals surface area contributed by atoms with Gasteiger partial charge in [0, 0.05) is 12.2 Å². The van der Waals surface area contributed by atoms with Gasteiger partial charge in [0.15, 0.2) is 0 Å². The molecule has 0 aromatic heterocycles. The van der Waals surface area contributed by atoms with E-state index >= 15 is 0 Å². The van der Waals surface area contributed by atoms with Gasteiger partial charge in [-0.15, -0.1) is 0 Å². The van der Waals surface area contributed by atoms with Crippen LogP contribution in [0.4, 0.5) is 10.5 Å². The molecule has 7 heteroatoms. The summed E-state index contributed by atoms with van der Waals surface area (Å²) in [6, 6.07) is 4.21. The van der Waals surface area contributed by atoms with Crippen molar-refractivity contribution in [2.45, 2.75) is 19.8 Å². The summed E-state index contributed by atoms with van der Waals surface area (Å²) >= 11 is 11.6. The van der Waals surface area contributed by atoms with Gasteiger partial charge in [0.05, 0.1) is 16.0 Å². The van der Waals surface area contributed by atoms with E-state index in [2.05, 4.69) is 10.6 Å². The third kappa shape index (κ3) is 5.27. The van der Waals surface area contributed by atoms with Gasteiger partial charge in [-0.05, 0) is 24.6 Å². The molecule has 2 amide bonds. The first-order valence-electron chi connectivity index (χ1n) is 6.16. The van der Waals surface area contributed by atoms with Crippen molar-refractivity contribution in [2.24, 2.45) is 5.92 Å². The van der Waals surface area contributed by atoms with E-state index in [1.165, 1.54) is 6.07 Å². The van der Waals surface area contributed by atoms with Crippen LogP contribution in [0.25, 0.3) is 0 Å². The van der Waals surface area contributed by atoms with Crippen LogP contribution in [0.15, 0.2) is 18.2 Å². The average Bonchev–Trinajstić information content (AvgIpc) is 2.38. The van der Waals surface area contributed by atoms with Crippen LogP contribution >= 0.6 is 23.2 Å². The molecule has 0 aliphatic carbocycles. The molecular weight excluding hydrogens is 303 g/mol. The maximum Gasteiger partial charge on any atom is 0.319 e. The summed E-state index contributed by atoms with van der Waals surface area (Å²) in [5.41, 5.74) is 0.485. The van der Waals surface area contributed by atoms with Gasteiger partial charge in [0.25, 0.3) is 0 Å². The molecule has 0 saturated carbocycles. The normalized spacial score (nSPS) is 11.8. The minimum atomic E-state index is -0.915. The van der Waals surface area contributed by atoms with E-state index in [4.69, 9.17) is 28.3 Å². The van der Waals surface area contributed by atoms with E-state index in [1.54, 1.807) is 12.1 Å². The van der Waals surface area contributed by atoms with E-state index in [-0.39, 0.29) is 6.54 Å². The van der Waals surface area contributed by atoms with Crippen molar-refractivity contribution < 1.29 is 14.7 Å². The molecule has 5 nitrogen and oxygen atoms in total. The molecule has 1 aromatic rings. The van der Waals surface area contributed by atoms with Crippen molar-refractivity contribution in [2.75, 3.05) is 11.9 Å². The molecule has 1 aromatic carbocycles. The highest BCUT2D eigenvalue weighted by Gasteiger charge is 2.17. The molecule has 0 heterocycles. The Kier molecular flexibility index (Phi) is 6.61. The minimum Gasteiger partial charge on any atom is -0.481 e.